The molecule has 2 rings (SSSR count). The molecule has 0 spiro atoms. The van der Waals surface area contributed by atoms with Crippen LogP contribution in [0.15, 0.2) is 66.5 Å². The van der Waals surface area contributed by atoms with Crippen molar-refractivity contribution in [1.29, 1.82) is 0 Å². The molecule has 0 fully saturated rings. The van der Waals surface area contributed by atoms with Gasteiger partial charge in [-0.25, -0.2) is 4.39 Å². The second-order valence-electron chi connectivity index (χ2n) is 4.12. The molecule has 0 N–H and O–H groups in total. The zero-order chi connectivity index (χ0) is 13.5. The highest BCUT2D eigenvalue weighted by molar-refractivity contribution is 5.81. The summed E-state index contributed by atoms with van der Waals surface area (Å²) in [5.41, 5.74) is 2.19. The van der Waals surface area contributed by atoms with Gasteiger partial charge in [0.15, 0.2) is 0 Å². The van der Waals surface area contributed by atoms with Gasteiger partial charge in [0.05, 0.1) is 5.57 Å². The molecule has 0 aromatic heterocycles. The lowest BCUT2D eigenvalue weighted by Crippen LogP contribution is -1.85. The van der Waals surface area contributed by atoms with Gasteiger partial charge in [-0.3, -0.25) is 0 Å². The lowest BCUT2D eigenvalue weighted by atomic mass is 10.0. The molecule has 0 heterocycles. The van der Waals surface area contributed by atoms with Crippen LogP contribution in [0.1, 0.15) is 24.5 Å². The quantitative estimate of drug-likeness (QED) is 0.670. The molecule has 0 aliphatic carbocycles. The van der Waals surface area contributed by atoms with Crippen LogP contribution in [-0.4, -0.2) is 0 Å². The van der Waals surface area contributed by atoms with E-state index < -0.39 is 0 Å². The smallest absolute Gasteiger partial charge is 0.116 e. The van der Waals surface area contributed by atoms with Gasteiger partial charge in [0, 0.05) is 5.56 Å². The fraction of sp³-hybridized carbons (Fsp3) is 0.111. The van der Waals surface area contributed by atoms with Crippen molar-refractivity contribution in [2.45, 2.75) is 13.3 Å². The first kappa shape index (κ1) is 13.1. The molecular weight excluding hydrogens is 235 g/mol. The van der Waals surface area contributed by atoms with E-state index >= 15 is 0 Å². The van der Waals surface area contributed by atoms with Crippen molar-refractivity contribution in [2.24, 2.45) is 0 Å². The third kappa shape index (κ3) is 3.56. The van der Waals surface area contributed by atoms with Gasteiger partial charge in [0.2, 0.25) is 0 Å². The van der Waals surface area contributed by atoms with E-state index in [2.05, 4.69) is 11.8 Å². The first-order chi connectivity index (χ1) is 9.31. The van der Waals surface area contributed by atoms with Crippen LogP contribution >= 0.6 is 0 Å². The van der Waals surface area contributed by atoms with Crippen molar-refractivity contribution in [3.05, 3.63) is 77.6 Å². The minimum atomic E-state index is -0.172. The molecule has 0 aliphatic rings. The fourth-order valence-corrected chi connectivity index (χ4v) is 1.73. The molecule has 0 amide bonds. The average Bonchev–Trinajstić information content (AvgIpc) is 2.49. The Balaban J connectivity index is 2.40. The Morgan fingerprint density at radius 2 is 1.53 bits per heavy atom. The molecule has 0 nitrogen and oxygen atoms in total. The summed E-state index contributed by atoms with van der Waals surface area (Å²) in [6.45, 7) is 1.79. The van der Waals surface area contributed by atoms with Crippen molar-refractivity contribution < 1.29 is 4.39 Å². The SMILES string of the molecule is CC/C(F)=C(/C#Cc1ccccc1)c1ccccc1. The second-order valence-corrected chi connectivity index (χ2v) is 4.12. The second kappa shape index (κ2) is 6.56. The monoisotopic (exact) mass is 250 g/mol. The van der Waals surface area contributed by atoms with E-state index in [9.17, 15) is 4.39 Å². The largest absolute Gasteiger partial charge is 0.210 e. The molecule has 0 atom stereocenters. The van der Waals surface area contributed by atoms with Gasteiger partial charge in [0.25, 0.3) is 0 Å². The molecule has 0 saturated heterocycles. The third-order valence-electron chi connectivity index (χ3n) is 2.75. The van der Waals surface area contributed by atoms with Gasteiger partial charge >= 0.3 is 0 Å². The van der Waals surface area contributed by atoms with E-state index in [1.165, 1.54) is 0 Å². The molecule has 0 bridgehead atoms. The van der Waals surface area contributed by atoms with E-state index in [-0.39, 0.29) is 5.83 Å². The lowest BCUT2D eigenvalue weighted by molar-refractivity contribution is 0.609. The van der Waals surface area contributed by atoms with E-state index in [4.69, 9.17) is 0 Å². The van der Waals surface area contributed by atoms with Crippen LogP contribution in [0.5, 0.6) is 0 Å². The molecule has 94 valence electrons. The number of halogens is 1. The maximum atomic E-state index is 14.0. The van der Waals surface area contributed by atoms with E-state index in [0.29, 0.717) is 12.0 Å². The maximum Gasteiger partial charge on any atom is 0.116 e. The van der Waals surface area contributed by atoms with Crippen LogP contribution in [-0.2, 0) is 0 Å². The van der Waals surface area contributed by atoms with Crippen LogP contribution in [0, 0.1) is 11.8 Å². The van der Waals surface area contributed by atoms with Crippen LogP contribution in [0.25, 0.3) is 5.57 Å². The number of hydrogen-bond acceptors (Lipinski definition) is 0. The molecule has 0 saturated carbocycles. The van der Waals surface area contributed by atoms with E-state index in [1.807, 2.05) is 60.7 Å². The average molecular weight is 250 g/mol. The van der Waals surface area contributed by atoms with Crippen LogP contribution in [0.4, 0.5) is 4.39 Å². The summed E-state index contributed by atoms with van der Waals surface area (Å²) in [7, 11) is 0. The predicted molar refractivity (Wildman–Crippen MR) is 78.1 cm³/mol. The number of allylic oxidation sites excluding steroid dienone is 2. The van der Waals surface area contributed by atoms with Gasteiger partial charge in [-0.2, -0.15) is 0 Å². The van der Waals surface area contributed by atoms with Crippen LogP contribution in [0.3, 0.4) is 0 Å². The molecule has 1 heteroatoms. The van der Waals surface area contributed by atoms with Crippen molar-refractivity contribution in [1.82, 2.24) is 0 Å². The van der Waals surface area contributed by atoms with E-state index in [1.54, 1.807) is 6.92 Å². The molecule has 0 radical (unpaired) electrons. The summed E-state index contributed by atoms with van der Waals surface area (Å²) >= 11 is 0. The normalized spacial score (nSPS) is 11.3. The summed E-state index contributed by atoms with van der Waals surface area (Å²) in [6.07, 6.45) is 0.355. The Morgan fingerprint density at radius 1 is 0.947 bits per heavy atom. The Bertz CT molecular complexity index is 613. The van der Waals surface area contributed by atoms with Crippen molar-refractivity contribution in [3.63, 3.8) is 0 Å². The summed E-state index contributed by atoms with van der Waals surface area (Å²) in [4.78, 5) is 0. The highest BCUT2D eigenvalue weighted by Gasteiger charge is 2.04. The van der Waals surface area contributed by atoms with Gasteiger partial charge in [-0.15, -0.1) is 0 Å². The number of benzene rings is 2. The third-order valence-corrected chi connectivity index (χ3v) is 2.75. The highest BCUT2D eigenvalue weighted by Crippen LogP contribution is 2.21. The van der Waals surface area contributed by atoms with Gasteiger partial charge in [-0.05, 0) is 24.1 Å². The Hall–Kier alpha value is -2.33. The van der Waals surface area contributed by atoms with Crippen LogP contribution in [0.2, 0.25) is 0 Å². The Labute approximate surface area is 113 Å². The molecule has 19 heavy (non-hydrogen) atoms. The van der Waals surface area contributed by atoms with Gasteiger partial charge < -0.3 is 0 Å². The standard InChI is InChI=1S/C18H15F/c1-2-18(19)17(16-11-7-4-8-12-16)14-13-15-9-5-3-6-10-15/h3-12H,2H2,1H3/b18-17+. The lowest BCUT2D eigenvalue weighted by Gasteiger charge is -2.02. The van der Waals surface area contributed by atoms with E-state index in [0.717, 1.165) is 11.1 Å². The minimum absolute atomic E-state index is 0.172. The Morgan fingerprint density at radius 3 is 2.11 bits per heavy atom. The molecule has 0 aliphatic heterocycles. The molecular formula is C18H15F. The minimum Gasteiger partial charge on any atom is -0.210 e. The van der Waals surface area contributed by atoms with Crippen molar-refractivity contribution in [2.75, 3.05) is 0 Å². The maximum absolute atomic E-state index is 14.0. The summed E-state index contributed by atoms with van der Waals surface area (Å²) in [5.74, 6) is 5.80. The molecule has 2 aromatic rings. The van der Waals surface area contributed by atoms with Gasteiger partial charge in [-0.1, -0.05) is 67.3 Å². The first-order valence-electron chi connectivity index (χ1n) is 6.32. The van der Waals surface area contributed by atoms with Crippen molar-refractivity contribution in [3.8, 4) is 11.8 Å². The summed E-state index contributed by atoms with van der Waals surface area (Å²) < 4.78 is 14.0. The predicted octanol–water partition coefficient (Wildman–Crippen LogP) is 4.83. The number of rotatable bonds is 2. The first-order valence-corrected chi connectivity index (χ1v) is 6.32. The van der Waals surface area contributed by atoms with Crippen molar-refractivity contribution >= 4 is 5.57 Å². The fourth-order valence-electron chi connectivity index (χ4n) is 1.73. The summed E-state index contributed by atoms with van der Waals surface area (Å²) in [6, 6.07) is 19.1. The Kier molecular flexibility index (Phi) is 4.53. The topological polar surface area (TPSA) is 0 Å². The zero-order valence-corrected chi connectivity index (χ0v) is 10.9. The highest BCUT2D eigenvalue weighted by atomic mass is 19.1. The van der Waals surface area contributed by atoms with Crippen LogP contribution < -0.4 is 0 Å². The number of hydrogen-bond donors (Lipinski definition) is 0. The summed E-state index contributed by atoms with van der Waals surface area (Å²) in [5, 5.41) is 0. The molecule has 0 unspecified atom stereocenters. The zero-order valence-electron chi connectivity index (χ0n) is 10.9. The van der Waals surface area contributed by atoms with Gasteiger partial charge in [0.1, 0.15) is 5.83 Å². The molecule has 2 aromatic carbocycles.